The smallest absolute Gasteiger partial charge is 0.139 e. The molecule has 0 saturated carbocycles. The summed E-state index contributed by atoms with van der Waals surface area (Å²) in [4.78, 5) is 9.18. The number of hydrogen-bond acceptors (Lipinski definition) is 5. The summed E-state index contributed by atoms with van der Waals surface area (Å²) < 4.78 is 0. The van der Waals surface area contributed by atoms with E-state index in [2.05, 4.69) is 44.9 Å². The van der Waals surface area contributed by atoms with Gasteiger partial charge in [-0.25, -0.2) is 9.97 Å². The minimum absolute atomic E-state index is 0.414. The molecule has 2 heterocycles. The van der Waals surface area contributed by atoms with Gasteiger partial charge >= 0.3 is 0 Å². The van der Waals surface area contributed by atoms with Crippen LogP contribution in [-0.2, 0) is 0 Å². The average Bonchev–Trinajstić information content (AvgIpc) is 2.68. The van der Waals surface area contributed by atoms with Gasteiger partial charge in [-0.05, 0) is 60.9 Å². The first kappa shape index (κ1) is 17.9. The number of fused-ring (bicyclic) bond motifs is 1. The first-order valence-corrected chi connectivity index (χ1v) is 9.44. The molecule has 1 atom stereocenters. The van der Waals surface area contributed by atoms with E-state index in [0.29, 0.717) is 10.8 Å². The number of nitrogens with two attached hydrogens (primary N) is 1. The van der Waals surface area contributed by atoms with Gasteiger partial charge in [0.2, 0.25) is 0 Å². The fourth-order valence-electron chi connectivity index (χ4n) is 3.37. The van der Waals surface area contributed by atoms with Gasteiger partial charge in [-0.15, -0.1) is 0 Å². The van der Waals surface area contributed by atoms with Crippen molar-refractivity contribution < 1.29 is 0 Å². The second kappa shape index (κ2) is 7.64. The van der Waals surface area contributed by atoms with Crippen molar-refractivity contribution in [2.24, 2.45) is 5.73 Å². The van der Waals surface area contributed by atoms with Crippen LogP contribution in [0, 0.1) is 6.92 Å². The summed E-state index contributed by atoms with van der Waals surface area (Å²) in [6.45, 7) is 3.79. The summed E-state index contributed by atoms with van der Waals surface area (Å²) in [7, 11) is 0. The molecule has 0 fully saturated rings. The van der Waals surface area contributed by atoms with Crippen LogP contribution < -0.4 is 16.4 Å². The predicted molar refractivity (Wildman–Crippen MR) is 112 cm³/mol. The maximum Gasteiger partial charge on any atom is 0.139 e. The Bertz CT molecular complexity index is 1010. The van der Waals surface area contributed by atoms with Crippen molar-refractivity contribution in [3.8, 4) is 0 Å². The lowest BCUT2D eigenvalue weighted by Crippen LogP contribution is -2.21. The van der Waals surface area contributed by atoms with Crippen LogP contribution in [0.1, 0.15) is 29.5 Å². The summed E-state index contributed by atoms with van der Waals surface area (Å²) in [5, 5.41) is 8.31. The van der Waals surface area contributed by atoms with Crippen LogP contribution in [0.5, 0.6) is 0 Å². The van der Waals surface area contributed by atoms with E-state index in [1.807, 2.05) is 31.2 Å². The SMILES string of the molecule is Cc1nc(NC(N)c2cccc(Cl)c2)c2cc(C3=CCNCC3)ccc2n1. The lowest BCUT2D eigenvalue weighted by atomic mass is 9.98. The molecule has 1 aliphatic heterocycles. The van der Waals surface area contributed by atoms with Crippen LogP contribution in [0.2, 0.25) is 5.02 Å². The summed E-state index contributed by atoms with van der Waals surface area (Å²) in [6.07, 6.45) is 2.84. The number of aryl methyl sites for hydroxylation is 1. The zero-order valence-electron chi connectivity index (χ0n) is 15.2. The fraction of sp³-hybridized carbons (Fsp3) is 0.238. The molecule has 2 aromatic carbocycles. The van der Waals surface area contributed by atoms with Crippen molar-refractivity contribution in [3.63, 3.8) is 0 Å². The third-order valence-electron chi connectivity index (χ3n) is 4.74. The molecule has 4 N–H and O–H groups in total. The second-order valence-electron chi connectivity index (χ2n) is 6.71. The highest BCUT2D eigenvalue weighted by Gasteiger charge is 2.13. The van der Waals surface area contributed by atoms with Crippen LogP contribution in [0.4, 0.5) is 5.82 Å². The molecule has 0 saturated heterocycles. The van der Waals surface area contributed by atoms with E-state index in [-0.39, 0.29) is 0 Å². The summed E-state index contributed by atoms with van der Waals surface area (Å²) in [6, 6.07) is 13.9. The van der Waals surface area contributed by atoms with Gasteiger partial charge in [-0.2, -0.15) is 0 Å². The number of rotatable bonds is 4. The fourth-order valence-corrected chi connectivity index (χ4v) is 3.57. The van der Waals surface area contributed by atoms with E-state index in [0.717, 1.165) is 41.8 Å². The van der Waals surface area contributed by atoms with Gasteiger partial charge in [0, 0.05) is 17.0 Å². The van der Waals surface area contributed by atoms with E-state index >= 15 is 0 Å². The average molecular weight is 380 g/mol. The van der Waals surface area contributed by atoms with Gasteiger partial charge in [0.05, 0.1) is 5.52 Å². The standard InChI is InChI=1S/C21H22ClN5/c1-13-25-19-6-5-15(14-7-9-24-10-8-14)12-18(19)21(26-13)27-20(23)16-3-2-4-17(22)11-16/h2-7,11-12,20,24H,8-10,23H2,1H3,(H,25,26,27). The number of benzene rings is 2. The van der Waals surface area contributed by atoms with Crippen LogP contribution in [-0.4, -0.2) is 23.1 Å². The van der Waals surface area contributed by atoms with E-state index in [1.54, 1.807) is 0 Å². The zero-order chi connectivity index (χ0) is 18.8. The van der Waals surface area contributed by atoms with Crippen molar-refractivity contribution in [1.82, 2.24) is 15.3 Å². The molecule has 5 nitrogen and oxygen atoms in total. The van der Waals surface area contributed by atoms with E-state index < -0.39 is 6.17 Å². The van der Waals surface area contributed by atoms with Gasteiger partial charge < -0.3 is 16.4 Å². The quantitative estimate of drug-likeness (QED) is 0.596. The number of nitrogens with zero attached hydrogens (tertiary/aromatic N) is 2. The van der Waals surface area contributed by atoms with Crippen LogP contribution in [0.15, 0.2) is 48.5 Å². The first-order chi connectivity index (χ1) is 13.1. The molecule has 6 heteroatoms. The molecule has 0 radical (unpaired) electrons. The third kappa shape index (κ3) is 3.95. The first-order valence-electron chi connectivity index (χ1n) is 9.06. The highest BCUT2D eigenvalue weighted by Crippen LogP contribution is 2.28. The van der Waals surface area contributed by atoms with Gasteiger partial charge in [0.1, 0.15) is 17.8 Å². The normalized spacial score (nSPS) is 15.4. The summed E-state index contributed by atoms with van der Waals surface area (Å²) in [5.74, 6) is 1.44. The Kier molecular flexibility index (Phi) is 5.07. The Hall–Kier alpha value is -2.47. The van der Waals surface area contributed by atoms with Crippen molar-refractivity contribution >= 4 is 33.9 Å². The monoisotopic (exact) mass is 379 g/mol. The molecule has 0 bridgehead atoms. The summed E-state index contributed by atoms with van der Waals surface area (Å²) in [5.41, 5.74) is 10.7. The Labute approximate surface area is 163 Å². The second-order valence-corrected chi connectivity index (χ2v) is 7.15. The van der Waals surface area contributed by atoms with E-state index in [9.17, 15) is 0 Å². The van der Waals surface area contributed by atoms with Gasteiger partial charge in [-0.3, -0.25) is 0 Å². The molecular formula is C21H22ClN5. The van der Waals surface area contributed by atoms with E-state index in [1.165, 1.54) is 11.1 Å². The van der Waals surface area contributed by atoms with Crippen LogP contribution in [0.25, 0.3) is 16.5 Å². The molecule has 0 amide bonds. The van der Waals surface area contributed by atoms with Crippen molar-refractivity contribution in [2.45, 2.75) is 19.5 Å². The number of anilines is 1. The van der Waals surface area contributed by atoms with E-state index in [4.69, 9.17) is 17.3 Å². The van der Waals surface area contributed by atoms with Crippen molar-refractivity contribution in [3.05, 3.63) is 70.5 Å². The zero-order valence-corrected chi connectivity index (χ0v) is 15.9. The molecular weight excluding hydrogens is 358 g/mol. The number of aromatic nitrogens is 2. The molecule has 1 aliphatic rings. The number of hydrogen-bond donors (Lipinski definition) is 3. The lowest BCUT2D eigenvalue weighted by Gasteiger charge is -2.18. The van der Waals surface area contributed by atoms with Crippen molar-refractivity contribution in [2.75, 3.05) is 18.4 Å². The molecule has 3 aromatic rings. The molecule has 27 heavy (non-hydrogen) atoms. The number of nitrogens with one attached hydrogen (secondary N) is 2. The van der Waals surface area contributed by atoms with Gasteiger partial charge in [0.25, 0.3) is 0 Å². The number of halogens is 1. The Morgan fingerprint density at radius 1 is 1.19 bits per heavy atom. The minimum Gasteiger partial charge on any atom is -0.350 e. The molecule has 0 spiro atoms. The van der Waals surface area contributed by atoms with Crippen LogP contribution >= 0.6 is 11.6 Å². The minimum atomic E-state index is -0.414. The molecule has 1 aromatic heterocycles. The maximum absolute atomic E-state index is 6.37. The highest BCUT2D eigenvalue weighted by molar-refractivity contribution is 6.30. The molecule has 1 unspecified atom stereocenters. The molecule has 4 rings (SSSR count). The lowest BCUT2D eigenvalue weighted by molar-refractivity contribution is 0.738. The highest BCUT2D eigenvalue weighted by atomic mass is 35.5. The topological polar surface area (TPSA) is 75.9 Å². The Morgan fingerprint density at radius 2 is 2.07 bits per heavy atom. The molecule has 0 aliphatic carbocycles. The third-order valence-corrected chi connectivity index (χ3v) is 4.98. The van der Waals surface area contributed by atoms with Gasteiger partial charge in [0.15, 0.2) is 0 Å². The predicted octanol–water partition coefficient (Wildman–Crippen LogP) is 4.04. The largest absolute Gasteiger partial charge is 0.350 e. The van der Waals surface area contributed by atoms with Crippen LogP contribution in [0.3, 0.4) is 0 Å². The Balaban J connectivity index is 1.73. The maximum atomic E-state index is 6.37. The van der Waals surface area contributed by atoms with Crippen molar-refractivity contribution in [1.29, 1.82) is 0 Å². The summed E-state index contributed by atoms with van der Waals surface area (Å²) >= 11 is 6.10. The molecule has 138 valence electrons. The Morgan fingerprint density at radius 3 is 2.85 bits per heavy atom. The van der Waals surface area contributed by atoms with Gasteiger partial charge in [-0.1, -0.05) is 35.9 Å².